The van der Waals surface area contributed by atoms with Crippen LogP contribution in [0.15, 0.2) is 89.7 Å². The van der Waals surface area contributed by atoms with E-state index in [2.05, 4.69) is 81.9 Å². The van der Waals surface area contributed by atoms with Crippen LogP contribution in [-0.4, -0.2) is 13.6 Å². The minimum Gasteiger partial charge on any atom is -0.447 e. The first-order valence-corrected chi connectivity index (χ1v) is 10.3. The number of nitrogen functional groups attached to an aromatic ring is 1. The third-order valence-corrected chi connectivity index (χ3v) is 6.72. The molecule has 0 bridgehead atoms. The zero-order chi connectivity index (χ0) is 20.3. The molecule has 5 aromatic heterocycles. The summed E-state index contributed by atoms with van der Waals surface area (Å²) in [5.74, 6) is 6.57. The molecule has 5 heterocycles. The van der Waals surface area contributed by atoms with Crippen LogP contribution in [-0.2, 0) is 0 Å². The van der Waals surface area contributed by atoms with Gasteiger partial charge in [0.1, 0.15) is 0 Å². The maximum Gasteiger partial charge on any atom is 0.212 e. The Bertz CT molecular complexity index is 1950. The van der Waals surface area contributed by atoms with E-state index in [4.69, 9.17) is 10.3 Å². The van der Waals surface area contributed by atoms with Gasteiger partial charge in [-0.3, -0.25) is 9.08 Å². The van der Waals surface area contributed by atoms with Crippen molar-refractivity contribution in [2.24, 2.45) is 0 Å². The second kappa shape index (κ2) is 5.02. The Morgan fingerprint density at radius 2 is 1.52 bits per heavy atom. The molecule has 0 unspecified atom stereocenters. The van der Waals surface area contributed by atoms with Crippen molar-refractivity contribution < 1.29 is 4.42 Å². The summed E-state index contributed by atoms with van der Waals surface area (Å²) in [6.07, 6.45) is 3.91. The summed E-state index contributed by atoms with van der Waals surface area (Å²) in [6, 6.07) is 25.3. The largest absolute Gasteiger partial charge is 0.447 e. The highest BCUT2D eigenvalue weighted by Gasteiger charge is 2.24. The Labute approximate surface area is 175 Å². The molecule has 0 aliphatic heterocycles. The molecule has 0 aliphatic rings. The number of hydrogen-bond donors (Lipinski definition) is 1. The smallest absolute Gasteiger partial charge is 0.212 e. The number of nitrogens with two attached hydrogens (primary N) is 1. The van der Waals surface area contributed by atoms with Crippen LogP contribution in [0.5, 0.6) is 0 Å². The molecule has 2 N–H and O–H groups in total. The molecule has 0 fully saturated rings. The van der Waals surface area contributed by atoms with Crippen molar-refractivity contribution in [3.63, 3.8) is 0 Å². The number of rotatable bonds is 1. The molecule has 0 saturated heterocycles. The summed E-state index contributed by atoms with van der Waals surface area (Å²) in [7, 11) is 0. The van der Waals surface area contributed by atoms with Crippen LogP contribution in [0.1, 0.15) is 0 Å². The molecule has 31 heavy (non-hydrogen) atoms. The second-order valence-corrected chi connectivity index (χ2v) is 8.16. The Balaban J connectivity index is 1.77. The molecule has 5 heteroatoms. The van der Waals surface area contributed by atoms with Gasteiger partial charge in [-0.2, -0.15) is 0 Å². The van der Waals surface area contributed by atoms with E-state index in [0.717, 1.165) is 44.2 Å². The van der Waals surface area contributed by atoms with Gasteiger partial charge in [0.25, 0.3) is 0 Å². The maximum absolute atomic E-state index is 6.57. The van der Waals surface area contributed by atoms with Crippen molar-refractivity contribution in [1.29, 1.82) is 0 Å². The van der Waals surface area contributed by atoms with Crippen molar-refractivity contribution in [3.8, 4) is 5.69 Å². The van der Waals surface area contributed by atoms with Crippen LogP contribution in [0.2, 0.25) is 0 Å². The molecule has 8 aromatic rings. The third-order valence-electron chi connectivity index (χ3n) is 6.72. The van der Waals surface area contributed by atoms with Crippen LogP contribution in [0, 0.1) is 0 Å². The zero-order valence-electron chi connectivity index (χ0n) is 16.4. The van der Waals surface area contributed by atoms with Crippen molar-refractivity contribution >= 4 is 60.2 Å². The van der Waals surface area contributed by atoms with E-state index < -0.39 is 0 Å². The van der Waals surface area contributed by atoms with Crippen LogP contribution in [0.4, 0.5) is 0 Å². The van der Waals surface area contributed by atoms with Gasteiger partial charge >= 0.3 is 0 Å². The summed E-state index contributed by atoms with van der Waals surface area (Å²) in [5.41, 5.74) is 7.46. The first-order chi connectivity index (χ1) is 15.3. The number of aromatic nitrogens is 3. The Morgan fingerprint density at radius 3 is 2.42 bits per heavy atom. The van der Waals surface area contributed by atoms with E-state index >= 15 is 0 Å². The van der Waals surface area contributed by atoms with Crippen LogP contribution in [0.3, 0.4) is 0 Å². The van der Waals surface area contributed by atoms with Crippen molar-refractivity contribution in [2.75, 3.05) is 5.84 Å². The Hall–Kier alpha value is -4.38. The van der Waals surface area contributed by atoms with Crippen LogP contribution < -0.4 is 5.84 Å². The van der Waals surface area contributed by atoms with Gasteiger partial charge in [-0.25, -0.2) is 0 Å². The van der Waals surface area contributed by atoms with Crippen LogP contribution in [0.25, 0.3) is 65.9 Å². The molecule has 0 atom stereocenters. The van der Waals surface area contributed by atoms with Crippen molar-refractivity contribution in [3.05, 3.63) is 85.3 Å². The first kappa shape index (κ1) is 15.5. The van der Waals surface area contributed by atoms with Gasteiger partial charge in [0.05, 0.1) is 33.8 Å². The number of benzene rings is 3. The SMILES string of the molecule is Nn1c2cccc3c4ccoc4n4c5ccn(-c6ccccc6)c5c5ccc1c(c32)c54. The summed E-state index contributed by atoms with van der Waals surface area (Å²) in [6.45, 7) is 0. The summed E-state index contributed by atoms with van der Waals surface area (Å²) >= 11 is 0. The highest BCUT2D eigenvalue weighted by molar-refractivity contribution is 6.32. The van der Waals surface area contributed by atoms with Gasteiger partial charge in [-0.15, -0.1) is 0 Å². The van der Waals surface area contributed by atoms with E-state index in [1.807, 2.05) is 10.7 Å². The lowest BCUT2D eigenvalue weighted by Crippen LogP contribution is -2.06. The van der Waals surface area contributed by atoms with Crippen molar-refractivity contribution in [1.82, 2.24) is 13.6 Å². The number of furan rings is 1. The molecule has 0 aliphatic carbocycles. The molecule has 146 valence electrons. The summed E-state index contributed by atoms with van der Waals surface area (Å²) in [5, 5.41) is 5.77. The molecule has 3 aromatic carbocycles. The lowest BCUT2D eigenvalue weighted by molar-refractivity contribution is 0.600. The molecule has 5 nitrogen and oxygen atoms in total. The summed E-state index contributed by atoms with van der Waals surface area (Å²) in [4.78, 5) is 0. The van der Waals surface area contributed by atoms with E-state index in [-0.39, 0.29) is 0 Å². The standard InChI is InChI=1S/C26H16N4O/c27-30-19-8-4-7-16-17-12-14-31-26(17)29-21-11-13-28(15-5-2-1-3-6-15)24(21)18-9-10-20(30)23(22(16)19)25(18)29/h1-14H,27H2. The van der Waals surface area contributed by atoms with Gasteiger partial charge in [0.15, 0.2) is 0 Å². The molecule has 0 saturated carbocycles. The summed E-state index contributed by atoms with van der Waals surface area (Å²) < 4.78 is 12.4. The molecule has 0 radical (unpaired) electrons. The van der Waals surface area contributed by atoms with E-state index in [1.165, 1.54) is 21.7 Å². The van der Waals surface area contributed by atoms with Gasteiger partial charge in [0.2, 0.25) is 5.71 Å². The average Bonchev–Trinajstić information content (AvgIpc) is 3.55. The van der Waals surface area contributed by atoms with E-state index in [1.54, 1.807) is 6.26 Å². The highest BCUT2D eigenvalue weighted by atomic mass is 16.3. The van der Waals surface area contributed by atoms with Crippen molar-refractivity contribution in [2.45, 2.75) is 0 Å². The maximum atomic E-state index is 6.57. The Morgan fingerprint density at radius 1 is 0.645 bits per heavy atom. The number of para-hydroxylation sites is 1. The minimum atomic E-state index is 0.852. The quantitative estimate of drug-likeness (QED) is 0.341. The predicted molar refractivity (Wildman–Crippen MR) is 126 cm³/mol. The fraction of sp³-hybridized carbons (Fsp3) is 0. The monoisotopic (exact) mass is 400 g/mol. The average molecular weight is 400 g/mol. The minimum absolute atomic E-state index is 0.852. The molecule has 0 amide bonds. The number of hydrogen-bond acceptors (Lipinski definition) is 2. The molecular formula is C26H16N4O. The van der Waals surface area contributed by atoms with E-state index in [9.17, 15) is 0 Å². The topological polar surface area (TPSA) is 53.4 Å². The van der Waals surface area contributed by atoms with Gasteiger partial charge in [0, 0.05) is 33.4 Å². The normalized spacial score (nSPS) is 12.6. The first-order valence-electron chi connectivity index (χ1n) is 10.3. The van der Waals surface area contributed by atoms with Gasteiger partial charge in [-0.05, 0) is 47.9 Å². The van der Waals surface area contributed by atoms with Crippen LogP contribution >= 0.6 is 0 Å². The number of nitrogens with zero attached hydrogens (tertiary/aromatic N) is 3. The predicted octanol–water partition coefficient (Wildman–Crippen LogP) is 6.04. The lowest BCUT2D eigenvalue weighted by atomic mass is 10.1. The third kappa shape index (κ3) is 1.63. The number of fused-ring (bicyclic) bond motifs is 6. The van der Waals surface area contributed by atoms with Gasteiger partial charge in [-0.1, -0.05) is 30.3 Å². The second-order valence-electron chi connectivity index (χ2n) is 8.16. The fourth-order valence-electron chi connectivity index (χ4n) is 5.49. The van der Waals surface area contributed by atoms with Gasteiger partial charge < -0.3 is 14.8 Å². The highest BCUT2D eigenvalue weighted by Crippen LogP contribution is 2.44. The lowest BCUT2D eigenvalue weighted by Gasteiger charge is -2.04. The molecule has 0 spiro atoms. The molecular weight excluding hydrogens is 384 g/mol. The zero-order valence-corrected chi connectivity index (χ0v) is 16.4. The Kier molecular flexibility index (Phi) is 2.50. The fourth-order valence-corrected chi connectivity index (χ4v) is 5.49. The molecule has 8 rings (SSSR count). The van der Waals surface area contributed by atoms with E-state index in [0.29, 0.717) is 0 Å².